The number of nitrogens with one attached hydrogen (secondary N) is 2. The molecule has 2 atom stereocenters. The first-order chi connectivity index (χ1) is 17.8. The Labute approximate surface area is 218 Å². The summed E-state index contributed by atoms with van der Waals surface area (Å²) >= 11 is 0. The number of amides is 2. The summed E-state index contributed by atoms with van der Waals surface area (Å²) in [5.41, 5.74) is -0.359. The minimum atomic E-state index is -4.48. The van der Waals surface area contributed by atoms with Crippen LogP contribution < -0.4 is 20.3 Å². The monoisotopic (exact) mass is 541 g/mol. The second kappa shape index (κ2) is 12.0. The van der Waals surface area contributed by atoms with Crippen LogP contribution in [-0.4, -0.2) is 48.8 Å². The number of ether oxygens (including phenoxy) is 1. The molecule has 1 fully saturated rings. The van der Waals surface area contributed by atoms with E-state index in [1.165, 1.54) is 18.2 Å². The number of rotatable bonds is 9. The second-order valence-electron chi connectivity index (χ2n) is 9.86. The SMILES string of the molecule is CCCC1CC(NC(=O)C(C)(C)Oc2ccc(F)c(F)c2)CCN1c1ccc(C(=O)NCC(F)(F)F)cc1. The zero-order valence-corrected chi connectivity index (χ0v) is 21.5. The molecular formula is C27H32F5N3O3. The summed E-state index contributed by atoms with van der Waals surface area (Å²) in [6.45, 7) is 4.37. The Balaban J connectivity index is 1.62. The molecule has 1 aliphatic heterocycles. The van der Waals surface area contributed by atoms with Crippen molar-refractivity contribution in [3.63, 3.8) is 0 Å². The van der Waals surface area contributed by atoms with Crippen LogP contribution in [0.2, 0.25) is 0 Å². The van der Waals surface area contributed by atoms with Crippen molar-refractivity contribution >= 4 is 17.5 Å². The van der Waals surface area contributed by atoms with Crippen LogP contribution in [0.25, 0.3) is 0 Å². The van der Waals surface area contributed by atoms with Crippen LogP contribution in [0.5, 0.6) is 5.75 Å². The van der Waals surface area contributed by atoms with Gasteiger partial charge in [0.05, 0.1) is 0 Å². The number of benzene rings is 2. The van der Waals surface area contributed by atoms with E-state index >= 15 is 0 Å². The van der Waals surface area contributed by atoms with Crippen LogP contribution >= 0.6 is 0 Å². The first-order valence-electron chi connectivity index (χ1n) is 12.5. The molecule has 0 radical (unpaired) electrons. The van der Waals surface area contributed by atoms with Gasteiger partial charge < -0.3 is 20.3 Å². The topological polar surface area (TPSA) is 70.7 Å². The molecule has 2 amide bonds. The van der Waals surface area contributed by atoms with Crippen LogP contribution in [0.1, 0.15) is 56.8 Å². The van der Waals surface area contributed by atoms with Gasteiger partial charge in [0, 0.05) is 35.9 Å². The van der Waals surface area contributed by atoms with Gasteiger partial charge in [-0.2, -0.15) is 13.2 Å². The van der Waals surface area contributed by atoms with Gasteiger partial charge in [-0.15, -0.1) is 0 Å². The largest absolute Gasteiger partial charge is 0.478 e. The molecule has 208 valence electrons. The van der Waals surface area contributed by atoms with E-state index in [4.69, 9.17) is 4.74 Å². The van der Waals surface area contributed by atoms with E-state index in [1.807, 2.05) is 12.2 Å². The lowest BCUT2D eigenvalue weighted by atomic mass is 9.92. The van der Waals surface area contributed by atoms with E-state index < -0.39 is 35.9 Å². The summed E-state index contributed by atoms with van der Waals surface area (Å²) in [7, 11) is 0. The third kappa shape index (κ3) is 7.82. The highest BCUT2D eigenvalue weighted by molar-refractivity contribution is 5.94. The molecule has 2 N–H and O–H groups in total. The molecule has 0 aromatic heterocycles. The highest BCUT2D eigenvalue weighted by Crippen LogP contribution is 2.29. The maximum atomic E-state index is 13.5. The fourth-order valence-corrected chi connectivity index (χ4v) is 4.46. The van der Waals surface area contributed by atoms with Gasteiger partial charge in [0.15, 0.2) is 17.2 Å². The van der Waals surface area contributed by atoms with E-state index in [2.05, 4.69) is 10.2 Å². The van der Waals surface area contributed by atoms with Gasteiger partial charge in [-0.1, -0.05) is 13.3 Å². The maximum Gasteiger partial charge on any atom is 0.405 e. The van der Waals surface area contributed by atoms with Crippen molar-refractivity contribution in [3.8, 4) is 5.75 Å². The van der Waals surface area contributed by atoms with Gasteiger partial charge in [0.25, 0.3) is 11.8 Å². The van der Waals surface area contributed by atoms with Crippen molar-refractivity contribution in [2.45, 2.75) is 70.3 Å². The fraction of sp³-hybridized carbons (Fsp3) is 0.481. The minimum absolute atomic E-state index is 0.0401. The second-order valence-corrected chi connectivity index (χ2v) is 9.86. The summed E-state index contributed by atoms with van der Waals surface area (Å²) in [5, 5.41) is 4.87. The van der Waals surface area contributed by atoms with Crippen LogP contribution in [0.15, 0.2) is 42.5 Å². The molecule has 0 saturated carbocycles. The lowest BCUT2D eigenvalue weighted by Gasteiger charge is -2.42. The number of carbonyl (C=O) groups excluding carboxylic acids is 2. The molecule has 38 heavy (non-hydrogen) atoms. The Bertz CT molecular complexity index is 1120. The van der Waals surface area contributed by atoms with Crippen molar-refractivity contribution < 1.29 is 36.3 Å². The Morgan fingerprint density at radius 2 is 1.74 bits per heavy atom. The number of anilines is 1. The summed E-state index contributed by atoms with van der Waals surface area (Å²) in [6, 6.07) is 9.44. The highest BCUT2D eigenvalue weighted by Gasteiger charge is 2.35. The standard InChI is InChI=1S/C27H32F5N3O3/c1-4-5-20-14-18(34-25(37)26(2,3)38-21-10-11-22(28)23(29)15-21)12-13-35(20)19-8-6-17(7-9-19)24(36)33-16-27(30,31)32/h6-11,15,18,20H,4-5,12-14,16H2,1-3H3,(H,33,36)(H,34,37). The van der Waals surface area contributed by atoms with E-state index in [-0.39, 0.29) is 29.3 Å². The minimum Gasteiger partial charge on any atom is -0.478 e. The summed E-state index contributed by atoms with van der Waals surface area (Å²) < 4.78 is 69.5. The van der Waals surface area contributed by atoms with Crippen molar-refractivity contribution in [1.82, 2.24) is 10.6 Å². The smallest absolute Gasteiger partial charge is 0.405 e. The molecule has 6 nitrogen and oxygen atoms in total. The number of hydrogen-bond donors (Lipinski definition) is 2. The quantitative estimate of drug-likeness (QED) is 0.419. The predicted molar refractivity (Wildman–Crippen MR) is 133 cm³/mol. The number of carbonyl (C=O) groups is 2. The first-order valence-corrected chi connectivity index (χ1v) is 12.5. The third-order valence-electron chi connectivity index (χ3n) is 6.39. The van der Waals surface area contributed by atoms with E-state index in [9.17, 15) is 31.5 Å². The zero-order valence-electron chi connectivity index (χ0n) is 21.5. The summed E-state index contributed by atoms with van der Waals surface area (Å²) in [4.78, 5) is 27.2. The number of halogens is 5. The van der Waals surface area contributed by atoms with Gasteiger partial charge in [-0.05, 0) is 69.5 Å². The van der Waals surface area contributed by atoms with E-state index in [0.29, 0.717) is 19.4 Å². The molecule has 2 aromatic rings. The molecule has 2 unspecified atom stereocenters. The van der Waals surface area contributed by atoms with Crippen LogP contribution in [0.3, 0.4) is 0 Å². The highest BCUT2D eigenvalue weighted by atomic mass is 19.4. The van der Waals surface area contributed by atoms with Crippen molar-refractivity contribution in [2.24, 2.45) is 0 Å². The molecule has 0 bridgehead atoms. The molecule has 11 heteroatoms. The Morgan fingerprint density at radius 3 is 2.34 bits per heavy atom. The molecule has 1 heterocycles. The van der Waals surface area contributed by atoms with Crippen molar-refractivity contribution in [1.29, 1.82) is 0 Å². The van der Waals surface area contributed by atoms with Crippen LogP contribution in [0.4, 0.5) is 27.6 Å². The Morgan fingerprint density at radius 1 is 1.05 bits per heavy atom. The maximum absolute atomic E-state index is 13.5. The normalized spacial score (nSPS) is 18.2. The molecule has 2 aromatic carbocycles. The molecule has 1 aliphatic rings. The van der Waals surface area contributed by atoms with Gasteiger partial charge in [-0.25, -0.2) is 8.78 Å². The fourth-order valence-electron chi connectivity index (χ4n) is 4.46. The lowest BCUT2D eigenvalue weighted by Crippen LogP contribution is -2.55. The molecule has 3 rings (SSSR count). The van der Waals surface area contributed by atoms with Gasteiger partial charge in [0.2, 0.25) is 0 Å². The lowest BCUT2D eigenvalue weighted by molar-refractivity contribution is -0.135. The number of hydrogen-bond acceptors (Lipinski definition) is 4. The number of piperidine rings is 1. The van der Waals surface area contributed by atoms with E-state index in [1.54, 1.807) is 26.0 Å². The molecular weight excluding hydrogens is 509 g/mol. The molecule has 1 saturated heterocycles. The van der Waals surface area contributed by atoms with Gasteiger partial charge in [-0.3, -0.25) is 9.59 Å². The summed E-state index contributed by atoms with van der Waals surface area (Å²) in [5.74, 6) is -3.21. The number of alkyl halides is 3. The average molecular weight is 542 g/mol. The van der Waals surface area contributed by atoms with Crippen LogP contribution in [-0.2, 0) is 4.79 Å². The van der Waals surface area contributed by atoms with Crippen molar-refractivity contribution in [2.75, 3.05) is 18.0 Å². The van der Waals surface area contributed by atoms with Crippen LogP contribution in [0, 0.1) is 11.6 Å². The zero-order chi connectivity index (χ0) is 28.1. The molecule has 0 aliphatic carbocycles. The summed E-state index contributed by atoms with van der Waals surface area (Å²) in [6.07, 6.45) is -1.47. The van der Waals surface area contributed by atoms with Crippen molar-refractivity contribution in [3.05, 3.63) is 59.7 Å². The first kappa shape index (κ1) is 29.2. The predicted octanol–water partition coefficient (Wildman–Crippen LogP) is 5.37. The van der Waals surface area contributed by atoms with Gasteiger partial charge >= 0.3 is 6.18 Å². The average Bonchev–Trinajstić information content (AvgIpc) is 2.85. The third-order valence-corrected chi connectivity index (χ3v) is 6.39. The van der Waals surface area contributed by atoms with E-state index in [0.717, 1.165) is 30.7 Å². The Kier molecular flexibility index (Phi) is 9.22. The Hall–Kier alpha value is -3.37. The number of nitrogens with zero attached hydrogens (tertiary/aromatic N) is 1. The molecule has 0 spiro atoms. The van der Waals surface area contributed by atoms with Gasteiger partial charge in [0.1, 0.15) is 12.3 Å².